The maximum Gasteiger partial charge on any atom is 0.416 e. The van der Waals surface area contributed by atoms with Gasteiger partial charge < -0.3 is 4.98 Å². The van der Waals surface area contributed by atoms with E-state index in [1.165, 1.54) is 18.6 Å². The van der Waals surface area contributed by atoms with Gasteiger partial charge in [-0.1, -0.05) is 12.1 Å². The first-order valence-corrected chi connectivity index (χ1v) is 5.51. The predicted molar refractivity (Wildman–Crippen MR) is 64.3 cm³/mol. The molecule has 6 heteroatoms. The van der Waals surface area contributed by atoms with Gasteiger partial charge in [0.05, 0.1) is 17.4 Å². The van der Waals surface area contributed by atoms with Gasteiger partial charge in [-0.2, -0.15) is 13.2 Å². The average Bonchev–Trinajstić information content (AvgIpc) is 2.85. The van der Waals surface area contributed by atoms with Crippen LogP contribution in [0.4, 0.5) is 13.2 Å². The summed E-state index contributed by atoms with van der Waals surface area (Å²) in [7, 11) is 0. The summed E-state index contributed by atoms with van der Waals surface area (Å²) < 4.78 is 38.0. The van der Waals surface area contributed by atoms with Gasteiger partial charge in [-0.05, 0) is 23.8 Å². The number of nitrogens with zero attached hydrogens (tertiary/aromatic N) is 2. The highest BCUT2D eigenvalue weighted by Gasteiger charge is 2.30. The van der Waals surface area contributed by atoms with E-state index in [9.17, 15) is 13.2 Å². The van der Waals surface area contributed by atoms with Crippen LogP contribution in [0.3, 0.4) is 0 Å². The van der Waals surface area contributed by atoms with Crippen LogP contribution in [0.5, 0.6) is 0 Å². The summed E-state index contributed by atoms with van der Waals surface area (Å²) in [6.45, 7) is 0. The van der Waals surface area contributed by atoms with Gasteiger partial charge in [-0.3, -0.25) is 0 Å². The van der Waals surface area contributed by atoms with Crippen LogP contribution in [-0.4, -0.2) is 15.0 Å². The molecular weight excluding hydrogens is 255 g/mol. The third kappa shape index (κ3) is 2.16. The second-order valence-electron chi connectivity index (χ2n) is 4.08. The Bertz CT molecular complexity index is 731. The Balaban J connectivity index is 2.10. The summed E-state index contributed by atoms with van der Waals surface area (Å²) in [5.41, 5.74) is 1.64. The zero-order valence-corrected chi connectivity index (χ0v) is 9.57. The second kappa shape index (κ2) is 4.08. The van der Waals surface area contributed by atoms with E-state index in [4.69, 9.17) is 0 Å². The summed E-state index contributed by atoms with van der Waals surface area (Å²) >= 11 is 0. The van der Waals surface area contributed by atoms with E-state index in [2.05, 4.69) is 15.0 Å². The van der Waals surface area contributed by atoms with Gasteiger partial charge in [0.15, 0.2) is 5.65 Å². The van der Waals surface area contributed by atoms with Crippen LogP contribution in [0.25, 0.3) is 22.3 Å². The molecule has 3 rings (SSSR count). The molecule has 2 aromatic heterocycles. The molecule has 0 bridgehead atoms. The number of aromatic nitrogens is 3. The minimum Gasteiger partial charge on any atom is -0.343 e. The highest BCUT2D eigenvalue weighted by Crippen LogP contribution is 2.32. The van der Waals surface area contributed by atoms with E-state index in [-0.39, 0.29) is 0 Å². The first-order chi connectivity index (χ1) is 9.04. The predicted octanol–water partition coefficient (Wildman–Crippen LogP) is 3.64. The van der Waals surface area contributed by atoms with Gasteiger partial charge in [-0.15, -0.1) is 0 Å². The molecule has 0 spiro atoms. The van der Waals surface area contributed by atoms with Crippen molar-refractivity contribution in [2.45, 2.75) is 6.18 Å². The summed E-state index contributed by atoms with van der Waals surface area (Å²) in [6, 6.07) is 6.89. The van der Waals surface area contributed by atoms with Crippen LogP contribution < -0.4 is 0 Å². The molecule has 0 amide bonds. The lowest BCUT2D eigenvalue weighted by molar-refractivity contribution is -0.137. The topological polar surface area (TPSA) is 41.6 Å². The molecule has 1 N–H and O–H groups in total. The zero-order chi connectivity index (χ0) is 13.5. The molecule has 0 atom stereocenters. The number of aromatic amines is 1. The molecule has 0 saturated heterocycles. The number of alkyl halides is 3. The molecule has 0 aliphatic carbocycles. The van der Waals surface area contributed by atoms with Crippen molar-refractivity contribution in [3.8, 4) is 11.1 Å². The fraction of sp³-hybridized carbons (Fsp3) is 0.0769. The molecule has 0 radical (unpaired) electrons. The van der Waals surface area contributed by atoms with Crippen molar-refractivity contribution in [2.75, 3.05) is 0 Å². The maximum atomic E-state index is 12.7. The van der Waals surface area contributed by atoms with E-state index in [0.717, 1.165) is 12.1 Å². The highest BCUT2D eigenvalue weighted by molar-refractivity contribution is 5.77. The van der Waals surface area contributed by atoms with Crippen LogP contribution in [0.15, 0.2) is 42.9 Å². The van der Waals surface area contributed by atoms with Crippen LogP contribution in [0, 0.1) is 0 Å². The summed E-state index contributed by atoms with van der Waals surface area (Å²) in [5, 5.41) is 0. The number of benzene rings is 1. The lowest BCUT2D eigenvalue weighted by Gasteiger charge is -2.08. The smallest absolute Gasteiger partial charge is 0.343 e. The lowest BCUT2D eigenvalue weighted by atomic mass is 10.0. The zero-order valence-electron chi connectivity index (χ0n) is 9.57. The Labute approximate surface area is 106 Å². The Morgan fingerprint density at radius 3 is 2.63 bits per heavy atom. The number of fused-ring (bicyclic) bond motifs is 1. The minimum atomic E-state index is -4.35. The monoisotopic (exact) mass is 263 g/mol. The Morgan fingerprint density at radius 1 is 1.00 bits per heavy atom. The Hall–Kier alpha value is -2.37. The quantitative estimate of drug-likeness (QED) is 0.728. The first-order valence-electron chi connectivity index (χ1n) is 5.51. The van der Waals surface area contributed by atoms with Gasteiger partial charge in [0, 0.05) is 11.8 Å². The van der Waals surface area contributed by atoms with Crippen molar-refractivity contribution in [2.24, 2.45) is 0 Å². The third-order valence-electron chi connectivity index (χ3n) is 2.80. The van der Waals surface area contributed by atoms with E-state index >= 15 is 0 Å². The number of nitrogens with one attached hydrogen (secondary N) is 1. The molecule has 0 saturated carbocycles. The fourth-order valence-corrected chi connectivity index (χ4v) is 1.86. The van der Waals surface area contributed by atoms with E-state index < -0.39 is 11.7 Å². The number of H-pyrrole nitrogens is 1. The van der Waals surface area contributed by atoms with Gasteiger partial charge in [0.2, 0.25) is 0 Å². The number of pyridine rings is 1. The van der Waals surface area contributed by atoms with Gasteiger partial charge in [0.1, 0.15) is 0 Å². The molecular formula is C13H8F3N3. The molecule has 1 aromatic carbocycles. The van der Waals surface area contributed by atoms with Gasteiger partial charge in [0.25, 0.3) is 0 Å². The van der Waals surface area contributed by atoms with Crippen molar-refractivity contribution in [1.29, 1.82) is 0 Å². The summed E-state index contributed by atoms with van der Waals surface area (Å²) in [5.74, 6) is 0. The van der Waals surface area contributed by atoms with E-state index in [1.54, 1.807) is 12.1 Å². The van der Waals surface area contributed by atoms with E-state index in [0.29, 0.717) is 22.3 Å². The van der Waals surface area contributed by atoms with Gasteiger partial charge in [-0.25, -0.2) is 9.97 Å². The standard InChI is InChI=1S/C13H8F3N3/c14-13(15,16)10-3-1-2-8(4-10)9-5-11-12(17-6-9)19-7-18-11/h1-7H,(H,17,18,19). The van der Waals surface area contributed by atoms with Gasteiger partial charge >= 0.3 is 6.18 Å². The van der Waals surface area contributed by atoms with Crippen molar-refractivity contribution >= 4 is 11.2 Å². The second-order valence-corrected chi connectivity index (χ2v) is 4.08. The SMILES string of the molecule is FC(F)(F)c1cccc(-c2cnc3nc[nH]c3c2)c1. The first kappa shape index (κ1) is 11.7. The number of rotatable bonds is 1. The lowest BCUT2D eigenvalue weighted by Crippen LogP contribution is -2.04. The molecule has 0 fully saturated rings. The van der Waals surface area contributed by atoms with Crippen molar-refractivity contribution in [3.63, 3.8) is 0 Å². The van der Waals surface area contributed by atoms with Crippen LogP contribution in [0.2, 0.25) is 0 Å². The van der Waals surface area contributed by atoms with Crippen LogP contribution in [-0.2, 0) is 6.18 Å². The number of hydrogen-bond acceptors (Lipinski definition) is 2. The maximum absolute atomic E-state index is 12.7. The molecule has 0 aliphatic heterocycles. The van der Waals surface area contributed by atoms with Crippen molar-refractivity contribution in [3.05, 3.63) is 48.4 Å². The summed E-state index contributed by atoms with van der Waals surface area (Å²) in [4.78, 5) is 10.9. The molecule has 19 heavy (non-hydrogen) atoms. The third-order valence-corrected chi connectivity index (χ3v) is 2.80. The molecule has 3 nitrogen and oxygen atoms in total. The number of imidazole rings is 1. The molecule has 3 aromatic rings. The van der Waals surface area contributed by atoms with Crippen LogP contribution >= 0.6 is 0 Å². The molecule has 2 heterocycles. The Kier molecular flexibility index (Phi) is 2.51. The van der Waals surface area contributed by atoms with Crippen molar-refractivity contribution < 1.29 is 13.2 Å². The number of halogens is 3. The molecule has 0 aliphatic rings. The largest absolute Gasteiger partial charge is 0.416 e. The van der Waals surface area contributed by atoms with E-state index in [1.807, 2.05) is 0 Å². The van der Waals surface area contributed by atoms with Crippen molar-refractivity contribution in [1.82, 2.24) is 15.0 Å². The highest BCUT2D eigenvalue weighted by atomic mass is 19.4. The fourth-order valence-electron chi connectivity index (χ4n) is 1.86. The minimum absolute atomic E-state index is 0.471. The summed E-state index contributed by atoms with van der Waals surface area (Å²) in [6.07, 6.45) is -1.34. The molecule has 96 valence electrons. The van der Waals surface area contributed by atoms with Crippen LogP contribution in [0.1, 0.15) is 5.56 Å². The number of hydrogen-bond donors (Lipinski definition) is 1. The average molecular weight is 263 g/mol. The molecule has 0 unspecified atom stereocenters. The Morgan fingerprint density at radius 2 is 1.84 bits per heavy atom. The normalized spacial score (nSPS) is 11.9.